The summed E-state index contributed by atoms with van der Waals surface area (Å²) in [7, 11) is 0. The lowest BCUT2D eigenvalue weighted by atomic mass is 10.1. The average Bonchev–Trinajstić information content (AvgIpc) is 2.89. The van der Waals surface area contributed by atoms with Gasteiger partial charge < -0.3 is 5.32 Å². The fraction of sp³-hybridized carbons (Fsp3) is 0.467. The first kappa shape index (κ1) is 13.7. The Kier molecular flexibility index (Phi) is 4.32. The number of hydrogen-bond acceptors (Lipinski definition) is 3. The predicted molar refractivity (Wildman–Crippen MR) is 77.4 cm³/mol. The fourth-order valence-electron chi connectivity index (χ4n) is 1.84. The zero-order valence-corrected chi connectivity index (χ0v) is 12.1. The molecule has 0 radical (unpaired) electrons. The number of hydrogen-bond donors (Lipinski definition) is 1. The molecule has 0 spiro atoms. The van der Waals surface area contributed by atoms with Crippen LogP contribution in [-0.4, -0.2) is 20.8 Å². The minimum Gasteiger partial charge on any atom is -0.310 e. The van der Waals surface area contributed by atoms with Gasteiger partial charge in [0.25, 0.3) is 0 Å². The van der Waals surface area contributed by atoms with Crippen LogP contribution < -0.4 is 5.32 Å². The average molecular weight is 258 g/mol. The van der Waals surface area contributed by atoms with E-state index in [9.17, 15) is 0 Å². The van der Waals surface area contributed by atoms with E-state index in [2.05, 4.69) is 55.2 Å². The Morgan fingerprint density at radius 2 is 2.00 bits per heavy atom. The van der Waals surface area contributed by atoms with E-state index in [4.69, 9.17) is 0 Å². The van der Waals surface area contributed by atoms with Crippen molar-refractivity contribution in [1.29, 1.82) is 0 Å². The number of nitrogens with zero attached hydrogens (tertiary/aromatic N) is 3. The van der Waals surface area contributed by atoms with E-state index in [1.54, 1.807) is 6.20 Å². The van der Waals surface area contributed by atoms with Gasteiger partial charge in [0.15, 0.2) is 5.82 Å². The lowest BCUT2D eigenvalue weighted by Gasteiger charge is -2.13. The maximum absolute atomic E-state index is 4.68. The summed E-state index contributed by atoms with van der Waals surface area (Å²) >= 11 is 0. The van der Waals surface area contributed by atoms with E-state index < -0.39 is 0 Å². The second-order valence-corrected chi connectivity index (χ2v) is 5.40. The Morgan fingerprint density at radius 3 is 2.58 bits per heavy atom. The van der Waals surface area contributed by atoms with Gasteiger partial charge in [-0.25, -0.2) is 9.67 Å². The molecule has 0 aliphatic carbocycles. The van der Waals surface area contributed by atoms with Crippen molar-refractivity contribution in [3.8, 4) is 5.82 Å². The minimum absolute atomic E-state index is 0.410. The molecule has 0 saturated carbocycles. The Bertz CT molecular complexity index is 515. The summed E-state index contributed by atoms with van der Waals surface area (Å²) in [5, 5.41) is 7.70. The van der Waals surface area contributed by atoms with Crippen molar-refractivity contribution in [2.24, 2.45) is 0 Å². The van der Waals surface area contributed by atoms with Crippen LogP contribution in [0.25, 0.3) is 5.82 Å². The third kappa shape index (κ3) is 3.64. The normalized spacial score (nSPS) is 11.5. The molecule has 2 heterocycles. The first-order valence-corrected chi connectivity index (χ1v) is 6.80. The maximum Gasteiger partial charge on any atom is 0.153 e. The molecule has 0 aliphatic heterocycles. The molecule has 102 valence electrons. The van der Waals surface area contributed by atoms with E-state index in [-0.39, 0.29) is 0 Å². The summed E-state index contributed by atoms with van der Waals surface area (Å²) < 4.78 is 1.81. The zero-order valence-electron chi connectivity index (χ0n) is 12.1. The lowest BCUT2D eigenvalue weighted by Crippen LogP contribution is -2.22. The number of aromatic nitrogens is 3. The molecule has 19 heavy (non-hydrogen) atoms. The molecule has 0 aliphatic rings. The van der Waals surface area contributed by atoms with Gasteiger partial charge in [0, 0.05) is 30.7 Å². The minimum atomic E-state index is 0.410. The van der Waals surface area contributed by atoms with E-state index in [1.807, 2.05) is 16.9 Å². The maximum atomic E-state index is 4.68. The third-order valence-corrected chi connectivity index (χ3v) is 2.94. The topological polar surface area (TPSA) is 42.7 Å². The Morgan fingerprint density at radius 1 is 1.21 bits per heavy atom. The summed E-state index contributed by atoms with van der Waals surface area (Å²) in [6.45, 7) is 9.48. The largest absolute Gasteiger partial charge is 0.310 e. The van der Waals surface area contributed by atoms with Crippen molar-refractivity contribution in [3.63, 3.8) is 0 Å². The zero-order chi connectivity index (χ0) is 13.8. The molecule has 1 N–H and O–H groups in total. The Balaban J connectivity index is 2.33. The van der Waals surface area contributed by atoms with Crippen molar-refractivity contribution in [2.75, 3.05) is 0 Å². The van der Waals surface area contributed by atoms with E-state index >= 15 is 0 Å². The molecule has 4 nitrogen and oxygen atoms in total. The molecule has 0 unspecified atom stereocenters. The Hall–Kier alpha value is -1.68. The fourth-order valence-corrected chi connectivity index (χ4v) is 1.84. The summed E-state index contributed by atoms with van der Waals surface area (Å²) in [5.41, 5.74) is 2.35. The van der Waals surface area contributed by atoms with Gasteiger partial charge in [-0.15, -0.1) is 0 Å². The van der Waals surface area contributed by atoms with Crippen LogP contribution in [0, 0.1) is 0 Å². The standard InChI is InChI=1S/C15H22N4/c1-11(2)14-8-13(10-16-12(3)4)9-15(18-14)19-7-5-6-17-19/h5-9,11-12,16H,10H2,1-4H3. The monoisotopic (exact) mass is 258 g/mol. The molecular weight excluding hydrogens is 236 g/mol. The van der Waals surface area contributed by atoms with Crippen molar-refractivity contribution in [3.05, 3.63) is 41.9 Å². The number of nitrogens with one attached hydrogen (secondary N) is 1. The van der Waals surface area contributed by atoms with Gasteiger partial charge in [0.2, 0.25) is 0 Å². The predicted octanol–water partition coefficient (Wildman–Crippen LogP) is 2.89. The second kappa shape index (κ2) is 5.97. The SMILES string of the molecule is CC(C)NCc1cc(C(C)C)nc(-n2cccn2)c1. The second-order valence-electron chi connectivity index (χ2n) is 5.40. The van der Waals surface area contributed by atoms with E-state index in [0.717, 1.165) is 18.1 Å². The summed E-state index contributed by atoms with van der Waals surface area (Å²) in [4.78, 5) is 4.68. The number of pyridine rings is 1. The number of rotatable bonds is 5. The molecular formula is C15H22N4. The first-order chi connectivity index (χ1) is 9.06. The lowest BCUT2D eigenvalue weighted by molar-refractivity contribution is 0.587. The smallest absolute Gasteiger partial charge is 0.153 e. The van der Waals surface area contributed by atoms with E-state index in [0.29, 0.717) is 12.0 Å². The third-order valence-electron chi connectivity index (χ3n) is 2.94. The Labute approximate surface area is 114 Å². The molecule has 4 heteroatoms. The van der Waals surface area contributed by atoms with Gasteiger partial charge >= 0.3 is 0 Å². The van der Waals surface area contributed by atoms with Crippen LogP contribution in [0.5, 0.6) is 0 Å². The first-order valence-electron chi connectivity index (χ1n) is 6.80. The highest BCUT2D eigenvalue weighted by Crippen LogP contribution is 2.17. The molecule has 2 aromatic rings. The van der Waals surface area contributed by atoms with Gasteiger partial charge in [0.05, 0.1) is 0 Å². The quantitative estimate of drug-likeness (QED) is 0.896. The van der Waals surface area contributed by atoms with Crippen LogP contribution in [0.15, 0.2) is 30.6 Å². The van der Waals surface area contributed by atoms with Gasteiger partial charge in [-0.1, -0.05) is 27.7 Å². The molecule has 0 amide bonds. The summed E-state index contributed by atoms with van der Waals surface area (Å²) in [6.07, 6.45) is 3.70. The van der Waals surface area contributed by atoms with Crippen molar-refractivity contribution in [2.45, 2.75) is 46.2 Å². The summed E-state index contributed by atoms with van der Waals surface area (Å²) in [6, 6.07) is 6.65. The van der Waals surface area contributed by atoms with Gasteiger partial charge in [-0.2, -0.15) is 5.10 Å². The van der Waals surface area contributed by atoms with Gasteiger partial charge in [-0.05, 0) is 29.7 Å². The van der Waals surface area contributed by atoms with Crippen LogP contribution in [0.3, 0.4) is 0 Å². The highest BCUT2D eigenvalue weighted by Gasteiger charge is 2.08. The molecule has 2 aromatic heterocycles. The van der Waals surface area contributed by atoms with Crippen LogP contribution in [0.4, 0.5) is 0 Å². The van der Waals surface area contributed by atoms with Crippen molar-refractivity contribution < 1.29 is 0 Å². The summed E-state index contributed by atoms with van der Waals surface area (Å²) in [5.74, 6) is 1.30. The van der Waals surface area contributed by atoms with Gasteiger partial charge in [-0.3, -0.25) is 0 Å². The molecule has 2 rings (SSSR count). The van der Waals surface area contributed by atoms with Gasteiger partial charge in [0.1, 0.15) is 0 Å². The van der Waals surface area contributed by atoms with Crippen LogP contribution in [0.1, 0.15) is 44.9 Å². The van der Waals surface area contributed by atoms with Crippen LogP contribution in [0.2, 0.25) is 0 Å². The van der Waals surface area contributed by atoms with Crippen molar-refractivity contribution in [1.82, 2.24) is 20.1 Å². The molecule has 0 saturated heterocycles. The van der Waals surface area contributed by atoms with E-state index in [1.165, 1.54) is 5.56 Å². The van der Waals surface area contributed by atoms with Crippen LogP contribution >= 0.6 is 0 Å². The van der Waals surface area contributed by atoms with Crippen molar-refractivity contribution >= 4 is 0 Å². The molecule has 0 fully saturated rings. The highest BCUT2D eigenvalue weighted by atomic mass is 15.3. The molecule has 0 bridgehead atoms. The highest BCUT2D eigenvalue weighted by molar-refractivity contribution is 5.31. The van der Waals surface area contributed by atoms with Crippen LogP contribution in [-0.2, 0) is 6.54 Å². The molecule has 0 atom stereocenters. The molecule has 0 aromatic carbocycles.